The smallest absolute Gasteiger partial charge is 0.307 e. The number of rotatable bonds is 10. The highest BCUT2D eigenvalue weighted by Gasteiger charge is 2.71. The predicted molar refractivity (Wildman–Crippen MR) is 209 cm³/mol. The highest BCUT2D eigenvalue weighted by atomic mass is 32.2. The Morgan fingerprint density at radius 2 is 1.68 bits per heavy atom. The van der Waals surface area contributed by atoms with Crippen LogP contribution < -0.4 is 4.72 Å². The van der Waals surface area contributed by atoms with Crippen LogP contribution in [0, 0.1) is 69.0 Å². The molecule has 53 heavy (non-hydrogen) atoms. The first-order valence-corrected chi connectivity index (χ1v) is 21.7. The molecule has 0 aromatic heterocycles. The number of benzene rings is 1. The van der Waals surface area contributed by atoms with Crippen molar-refractivity contribution >= 4 is 16.0 Å². The molecule has 5 aliphatic rings. The summed E-state index contributed by atoms with van der Waals surface area (Å²) in [4.78, 5) is 13.7. The van der Waals surface area contributed by atoms with Crippen molar-refractivity contribution < 1.29 is 32.5 Å². The fourth-order valence-electron chi connectivity index (χ4n) is 12.7. The normalized spacial score (nSPS) is 41.1. The van der Waals surface area contributed by atoms with E-state index in [0.29, 0.717) is 31.0 Å². The number of hydrogen-bond donors (Lipinski definition) is 2. The fourth-order valence-corrected chi connectivity index (χ4v) is 14.1. The van der Waals surface area contributed by atoms with Crippen molar-refractivity contribution in [1.29, 1.82) is 0 Å². The van der Waals surface area contributed by atoms with Crippen LogP contribution in [0.4, 0.5) is 0 Å². The molecule has 12 atom stereocenters. The molecule has 1 heterocycles. The van der Waals surface area contributed by atoms with E-state index in [9.17, 15) is 18.3 Å². The Morgan fingerprint density at radius 3 is 2.26 bits per heavy atom. The van der Waals surface area contributed by atoms with Gasteiger partial charge in [0.1, 0.15) is 0 Å². The second-order valence-corrected chi connectivity index (χ2v) is 22.1. The monoisotopic (exact) mass is 755 g/mol. The first-order valence-electron chi connectivity index (χ1n) is 20.3. The van der Waals surface area contributed by atoms with Gasteiger partial charge in [0.25, 0.3) is 0 Å². The number of ether oxygens (including phenoxy) is 3. The van der Waals surface area contributed by atoms with Crippen LogP contribution >= 0.6 is 0 Å². The number of methoxy groups -OCH3 is 1. The number of fused-ring (bicyclic) bond motifs is 3. The number of aryl methyl sites for hydroxylation is 1. The molecule has 3 saturated carbocycles. The van der Waals surface area contributed by atoms with Gasteiger partial charge in [0.05, 0.1) is 48.9 Å². The molecule has 1 aliphatic heterocycles. The van der Waals surface area contributed by atoms with E-state index in [1.807, 2.05) is 39.8 Å². The van der Waals surface area contributed by atoms with Gasteiger partial charge in [-0.2, -0.15) is 0 Å². The molecular formula is C44H69NO7S. The van der Waals surface area contributed by atoms with Crippen molar-refractivity contribution in [1.82, 2.24) is 4.72 Å². The van der Waals surface area contributed by atoms with Crippen LogP contribution in [0.5, 0.6) is 0 Å². The molecule has 2 bridgehead atoms. The number of carboxylic acids is 1. The standard InChI is InChI=1S/C44H69NO7S/c1-27(2)29(4)40(8)21-22-42(10)31-17-18-34-41(9)25-51-26-44(34,32(31)19-20-43(42,11)36(40)38(46)47)23-33(50-12)37(41)52-24-35(39(5,6)7)45-53(48,49)30-15-13-28(3)14-16-30/h13-16,19,27,29,31,33-37,45H,17-18,20-26H2,1-12H3,(H,46,47)/t29-,31+,33-,34+,35+,36-,37+,40-,41-,42-,43+,44+/m1/s1. The number of allylic oxidation sites excluding steroid dienone is 1. The SMILES string of the molecule is CO[C@@H]1C[C@@]23COC[C@](C)([C@@H]2CC[C@H]2C3=CC[C@@]3(C)[C@H](C(=O)O)[C@@](C)([C@H](C)C(C)C)CC[C@]23C)[C@H]1OC[C@H](NS(=O)(=O)c1ccc(C)cc1)C(C)(C)C. The van der Waals surface area contributed by atoms with Crippen molar-refractivity contribution in [2.45, 2.75) is 138 Å². The van der Waals surface area contributed by atoms with Gasteiger partial charge in [-0.3, -0.25) is 4.79 Å². The van der Waals surface area contributed by atoms with E-state index in [0.717, 1.165) is 44.1 Å². The third-order valence-electron chi connectivity index (χ3n) is 16.5. The van der Waals surface area contributed by atoms with Gasteiger partial charge >= 0.3 is 5.97 Å². The molecule has 2 N–H and O–H groups in total. The maximum atomic E-state index is 13.6. The molecule has 1 saturated heterocycles. The number of aliphatic carboxylic acids is 1. The molecule has 0 radical (unpaired) electrons. The van der Waals surface area contributed by atoms with Crippen LogP contribution in [0.15, 0.2) is 40.8 Å². The van der Waals surface area contributed by atoms with Gasteiger partial charge in [-0.15, -0.1) is 0 Å². The van der Waals surface area contributed by atoms with E-state index in [4.69, 9.17) is 14.2 Å². The summed E-state index contributed by atoms with van der Waals surface area (Å²) in [6.45, 7) is 25.5. The maximum absolute atomic E-state index is 13.6. The largest absolute Gasteiger partial charge is 0.481 e. The third-order valence-corrected chi connectivity index (χ3v) is 18.0. The first-order chi connectivity index (χ1) is 24.5. The Kier molecular flexibility index (Phi) is 10.6. The van der Waals surface area contributed by atoms with Gasteiger partial charge in [0.2, 0.25) is 10.0 Å². The molecule has 4 aliphatic carbocycles. The Hall–Kier alpha value is -1.78. The van der Waals surface area contributed by atoms with Crippen molar-refractivity contribution in [2.75, 3.05) is 26.9 Å². The van der Waals surface area contributed by atoms with Crippen LogP contribution in [0.3, 0.4) is 0 Å². The topological polar surface area (TPSA) is 111 Å². The Labute approximate surface area is 320 Å². The summed E-state index contributed by atoms with van der Waals surface area (Å²) in [5.41, 5.74) is 0.679. The zero-order valence-corrected chi connectivity index (χ0v) is 35.5. The van der Waals surface area contributed by atoms with Gasteiger partial charge in [-0.1, -0.05) is 98.6 Å². The molecule has 4 fully saturated rings. The van der Waals surface area contributed by atoms with Crippen molar-refractivity contribution in [3.63, 3.8) is 0 Å². The summed E-state index contributed by atoms with van der Waals surface area (Å²) < 4.78 is 50.2. The predicted octanol–water partition coefficient (Wildman–Crippen LogP) is 8.68. The maximum Gasteiger partial charge on any atom is 0.307 e. The number of nitrogens with one attached hydrogen (secondary N) is 1. The van der Waals surface area contributed by atoms with Crippen molar-refractivity contribution in [3.8, 4) is 0 Å². The highest BCUT2D eigenvalue weighted by molar-refractivity contribution is 7.89. The summed E-state index contributed by atoms with van der Waals surface area (Å²) in [5, 5.41) is 11.0. The van der Waals surface area contributed by atoms with Gasteiger partial charge in [0, 0.05) is 17.9 Å². The lowest BCUT2D eigenvalue weighted by Gasteiger charge is -2.71. The minimum absolute atomic E-state index is 0.158. The molecule has 1 aromatic carbocycles. The van der Waals surface area contributed by atoms with E-state index in [-0.39, 0.29) is 56.7 Å². The first kappa shape index (κ1) is 40.9. The molecule has 298 valence electrons. The molecule has 9 heteroatoms. The zero-order valence-electron chi connectivity index (χ0n) is 34.7. The number of carboxylic acid groups (broad SMARTS) is 1. The van der Waals surface area contributed by atoms with Crippen molar-refractivity contribution in [2.24, 2.45) is 62.1 Å². The van der Waals surface area contributed by atoms with Crippen LogP contribution in [-0.4, -0.2) is 64.7 Å². The van der Waals surface area contributed by atoms with Gasteiger partial charge in [0.15, 0.2) is 0 Å². The van der Waals surface area contributed by atoms with Crippen LogP contribution in [-0.2, 0) is 29.0 Å². The minimum atomic E-state index is -3.77. The molecule has 0 amide bonds. The molecule has 0 unspecified atom stereocenters. The minimum Gasteiger partial charge on any atom is -0.481 e. The zero-order chi connectivity index (χ0) is 39.2. The van der Waals surface area contributed by atoms with E-state index < -0.39 is 33.4 Å². The summed E-state index contributed by atoms with van der Waals surface area (Å²) in [6.07, 6.45) is 7.48. The average molecular weight is 756 g/mol. The van der Waals surface area contributed by atoms with Crippen LogP contribution in [0.25, 0.3) is 0 Å². The Balaban J connectivity index is 1.31. The summed E-state index contributed by atoms with van der Waals surface area (Å²) in [5.74, 6) is 0.218. The van der Waals surface area contributed by atoms with E-state index >= 15 is 0 Å². The second-order valence-electron chi connectivity index (χ2n) is 20.4. The lowest BCUT2D eigenvalue weighted by Crippen LogP contribution is -2.70. The Bertz CT molecular complexity index is 1680. The van der Waals surface area contributed by atoms with E-state index in [2.05, 4.69) is 59.3 Å². The highest BCUT2D eigenvalue weighted by Crippen LogP contribution is 2.75. The molecule has 0 spiro atoms. The average Bonchev–Trinajstić information content (AvgIpc) is 3.06. The van der Waals surface area contributed by atoms with Gasteiger partial charge < -0.3 is 19.3 Å². The second kappa shape index (κ2) is 13.7. The van der Waals surface area contributed by atoms with Crippen molar-refractivity contribution in [3.05, 3.63) is 41.5 Å². The number of sulfonamides is 1. The summed E-state index contributed by atoms with van der Waals surface area (Å²) in [6, 6.07) is 6.47. The summed E-state index contributed by atoms with van der Waals surface area (Å²) in [7, 11) is -1.99. The molecule has 1 aromatic rings. The quantitative estimate of drug-likeness (QED) is 0.230. The fraction of sp³-hybridized carbons (Fsp3) is 0.795. The van der Waals surface area contributed by atoms with Crippen LogP contribution in [0.2, 0.25) is 0 Å². The van der Waals surface area contributed by atoms with E-state index in [1.165, 1.54) is 5.57 Å². The lowest BCUT2D eigenvalue weighted by atomic mass is 9.34. The molecular weight excluding hydrogens is 687 g/mol. The molecule has 8 nitrogen and oxygen atoms in total. The molecule has 6 rings (SSSR count). The number of hydrogen-bond acceptors (Lipinski definition) is 6. The Morgan fingerprint density at radius 1 is 1.02 bits per heavy atom. The van der Waals surface area contributed by atoms with Gasteiger partial charge in [-0.05, 0) is 103 Å². The van der Waals surface area contributed by atoms with Crippen LogP contribution in [0.1, 0.15) is 113 Å². The number of carbonyl (C=O) groups is 1. The lowest BCUT2D eigenvalue weighted by molar-refractivity contribution is -0.268. The summed E-state index contributed by atoms with van der Waals surface area (Å²) >= 11 is 0. The third kappa shape index (κ3) is 6.29. The van der Waals surface area contributed by atoms with E-state index in [1.54, 1.807) is 19.2 Å². The van der Waals surface area contributed by atoms with Gasteiger partial charge in [-0.25, -0.2) is 13.1 Å².